The Morgan fingerprint density at radius 1 is 1.00 bits per heavy atom. The molecule has 1 saturated carbocycles. The molecular weight excluding hydrogens is 496 g/mol. The number of fused-ring (bicyclic) bond motifs is 1. The van der Waals surface area contributed by atoms with E-state index in [9.17, 15) is 8.78 Å². The minimum absolute atomic E-state index is 0.243. The van der Waals surface area contributed by atoms with Crippen LogP contribution in [0.3, 0.4) is 0 Å². The highest BCUT2D eigenvalue weighted by molar-refractivity contribution is 5.94. The van der Waals surface area contributed by atoms with Crippen molar-refractivity contribution < 1.29 is 8.78 Å². The van der Waals surface area contributed by atoms with Crippen LogP contribution < -0.4 is 10.2 Å². The van der Waals surface area contributed by atoms with E-state index in [1.165, 1.54) is 23.8 Å². The summed E-state index contributed by atoms with van der Waals surface area (Å²) in [5, 5.41) is 3.85. The summed E-state index contributed by atoms with van der Waals surface area (Å²) in [6, 6.07) is 8.19. The lowest BCUT2D eigenvalue weighted by molar-refractivity contribution is 0.171. The van der Waals surface area contributed by atoms with Gasteiger partial charge in [-0.25, -0.2) is 23.7 Å². The van der Waals surface area contributed by atoms with E-state index in [1.54, 1.807) is 18.5 Å². The van der Waals surface area contributed by atoms with E-state index < -0.39 is 11.6 Å². The van der Waals surface area contributed by atoms with E-state index in [2.05, 4.69) is 46.0 Å². The number of hydrogen-bond acceptors (Lipinski definition) is 7. The standard InChI is InChI=1S/C30H33F2N7/c1-18(2)39-13-10-21(11-14-39)38(3)30-27-22(19-7-8-19)16-33-17-25(27)35-29(37-30)20-9-12-34-26(15-20)36-28-23(31)5-4-6-24(28)32/h4-6,9,12,15-19,21H,7-8,10-11,13-14H2,1-3H3,(H,34,36). The van der Waals surface area contributed by atoms with E-state index >= 15 is 0 Å². The molecule has 0 radical (unpaired) electrons. The van der Waals surface area contributed by atoms with Crippen molar-refractivity contribution in [3.05, 3.63) is 66.1 Å². The summed E-state index contributed by atoms with van der Waals surface area (Å²) >= 11 is 0. The average molecular weight is 530 g/mol. The molecule has 0 amide bonds. The highest BCUT2D eigenvalue weighted by Crippen LogP contribution is 2.45. The van der Waals surface area contributed by atoms with Gasteiger partial charge in [0.05, 0.1) is 11.7 Å². The third-order valence-corrected chi connectivity index (χ3v) is 7.98. The zero-order chi connectivity index (χ0) is 27.1. The van der Waals surface area contributed by atoms with Gasteiger partial charge in [0.15, 0.2) is 5.82 Å². The summed E-state index contributed by atoms with van der Waals surface area (Å²) in [5.41, 5.74) is 2.48. The number of nitrogens with one attached hydrogen (secondary N) is 1. The van der Waals surface area contributed by atoms with Gasteiger partial charge in [-0.05, 0) is 75.3 Å². The smallest absolute Gasteiger partial charge is 0.162 e. The molecule has 1 aliphatic carbocycles. The second-order valence-corrected chi connectivity index (χ2v) is 10.9. The van der Waals surface area contributed by atoms with Gasteiger partial charge < -0.3 is 15.1 Å². The first-order valence-corrected chi connectivity index (χ1v) is 13.7. The second-order valence-electron chi connectivity index (χ2n) is 10.9. The lowest BCUT2D eigenvalue weighted by Crippen LogP contribution is -2.46. The van der Waals surface area contributed by atoms with Gasteiger partial charge >= 0.3 is 0 Å². The summed E-state index contributed by atoms with van der Waals surface area (Å²) in [6.07, 6.45) is 9.82. The fourth-order valence-electron chi connectivity index (χ4n) is 5.52. The Morgan fingerprint density at radius 3 is 2.44 bits per heavy atom. The van der Waals surface area contributed by atoms with Gasteiger partial charge in [0, 0.05) is 55.6 Å². The number of likely N-dealkylation sites (tertiary alicyclic amines) is 1. The van der Waals surface area contributed by atoms with Crippen molar-refractivity contribution in [1.82, 2.24) is 24.8 Å². The highest BCUT2D eigenvalue weighted by Gasteiger charge is 2.31. The molecule has 1 aliphatic heterocycles. The number of pyridine rings is 2. The molecule has 0 atom stereocenters. The molecule has 7 nitrogen and oxygen atoms in total. The van der Waals surface area contributed by atoms with Gasteiger partial charge in [0.25, 0.3) is 0 Å². The van der Waals surface area contributed by atoms with Crippen LogP contribution >= 0.6 is 0 Å². The van der Waals surface area contributed by atoms with Crippen molar-refractivity contribution in [2.45, 2.75) is 57.5 Å². The minimum atomic E-state index is -0.685. The topological polar surface area (TPSA) is 70.1 Å². The SMILES string of the molecule is CC(C)N1CCC(N(C)c2nc(-c3ccnc(Nc4c(F)cccc4F)c3)nc3cncc(C4CC4)c23)CC1. The van der Waals surface area contributed by atoms with Crippen LogP contribution in [0.4, 0.5) is 26.1 Å². The number of aromatic nitrogens is 4. The zero-order valence-electron chi connectivity index (χ0n) is 22.5. The van der Waals surface area contributed by atoms with E-state index in [0.29, 0.717) is 35.2 Å². The van der Waals surface area contributed by atoms with Crippen LogP contribution in [-0.4, -0.2) is 57.1 Å². The highest BCUT2D eigenvalue weighted by atomic mass is 19.1. The predicted molar refractivity (Wildman–Crippen MR) is 150 cm³/mol. The Hall–Kier alpha value is -3.72. The first-order valence-electron chi connectivity index (χ1n) is 13.7. The number of hydrogen-bond donors (Lipinski definition) is 1. The molecule has 4 heterocycles. The zero-order valence-corrected chi connectivity index (χ0v) is 22.5. The van der Waals surface area contributed by atoms with Gasteiger partial charge in [0.1, 0.15) is 29.0 Å². The van der Waals surface area contributed by atoms with Crippen LogP contribution in [0, 0.1) is 11.6 Å². The summed E-state index contributed by atoms with van der Waals surface area (Å²) in [7, 11) is 2.14. The van der Waals surface area contributed by atoms with Gasteiger partial charge in [-0.3, -0.25) is 4.98 Å². The van der Waals surface area contributed by atoms with Crippen LogP contribution in [0.2, 0.25) is 0 Å². The third kappa shape index (κ3) is 5.15. The first kappa shape index (κ1) is 25.6. The summed E-state index contributed by atoms with van der Waals surface area (Å²) in [4.78, 5) is 23.7. The molecular formula is C30H33F2N7. The van der Waals surface area contributed by atoms with Gasteiger partial charge in [-0.2, -0.15) is 0 Å². The molecule has 39 heavy (non-hydrogen) atoms. The number of benzene rings is 1. The maximum absolute atomic E-state index is 14.3. The molecule has 4 aromatic rings. The number of para-hydroxylation sites is 1. The van der Waals surface area contributed by atoms with E-state index in [0.717, 1.165) is 55.5 Å². The molecule has 2 aliphatic rings. The van der Waals surface area contributed by atoms with Gasteiger partial charge in [-0.1, -0.05) is 6.07 Å². The molecule has 1 aromatic carbocycles. The average Bonchev–Trinajstić information content (AvgIpc) is 3.80. The quantitative estimate of drug-likeness (QED) is 0.301. The van der Waals surface area contributed by atoms with Crippen molar-refractivity contribution in [3.8, 4) is 11.4 Å². The normalized spacial score (nSPS) is 16.7. The van der Waals surface area contributed by atoms with Crippen molar-refractivity contribution in [1.29, 1.82) is 0 Å². The van der Waals surface area contributed by atoms with E-state index in [-0.39, 0.29) is 5.69 Å². The van der Waals surface area contributed by atoms with Crippen molar-refractivity contribution in [3.63, 3.8) is 0 Å². The van der Waals surface area contributed by atoms with Crippen LogP contribution in [-0.2, 0) is 0 Å². The largest absolute Gasteiger partial charge is 0.356 e. The lowest BCUT2D eigenvalue weighted by Gasteiger charge is -2.39. The van der Waals surface area contributed by atoms with Crippen LogP contribution in [0.15, 0.2) is 48.9 Å². The number of piperidine rings is 1. The van der Waals surface area contributed by atoms with Crippen LogP contribution in [0.25, 0.3) is 22.3 Å². The number of halogens is 2. The van der Waals surface area contributed by atoms with Gasteiger partial charge in [0.2, 0.25) is 0 Å². The molecule has 3 aromatic heterocycles. The Balaban J connectivity index is 1.39. The molecule has 0 unspecified atom stereocenters. The molecule has 1 saturated heterocycles. The fraction of sp³-hybridized carbons (Fsp3) is 0.400. The molecule has 9 heteroatoms. The second kappa shape index (κ2) is 10.4. The maximum Gasteiger partial charge on any atom is 0.162 e. The van der Waals surface area contributed by atoms with Crippen LogP contribution in [0.1, 0.15) is 51.0 Å². The third-order valence-electron chi connectivity index (χ3n) is 7.98. The molecule has 0 spiro atoms. The fourth-order valence-corrected chi connectivity index (χ4v) is 5.52. The molecule has 1 N–H and O–H groups in total. The minimum Gasteiger partial charge on any atom is -0.356 e. The van der Waals surface area contributed by atoms with E-state index in [4.69, 9.17) is 9.97 Å². The van der Waals surface area contributed by atoms with Gasteiger partial charge in [-0.15, -0.1) is 0 Å². The van der Waals surface area contributed by atoms with Crippen molar-refractivity contribution in [2.24, 2.45) is 0 Å². The number of nitrogens with zero attached hydrogens (tertiary/aromatic N) is 6. The molecule has 2 fully saturated rings. The lowest BCUT2D eigenvalue weighted by atomic mass is 10.0. The predicted octanol–water partition coefficient (Wildman–Crippen LogP) is 6.30. The molecule has 202 valence electrons. The Labute approximate surface area is 227 Å². The Kier molecular flexibility index (Phi) is 6.85. The Morgan fingerprint density at radius 2 is 1.74 bits per heavy atom. The van der Waals surface area contributed by atoms with Crippen molar-refractivity contribution in [2.75, 3.05) is 30.4 Å². The number of anilines is 3. The van der Waals surface area contributed by atoms with E-state index in [1.807, 2.05) is 12.3 Å². The summed E-state index contributed by atoms with van der Waals surface area (Å²) in [5.74, 6) is 0.872. The van der Waals surface area contributed by atoms with Crippen molar-refractivity contribution >= 4 is 28.2 Å². The summed E-state index contributed by atoms with van der Waals surface area (Å²) < 4.78 is 28.5. The maximum atomic E-state index is 14.3. The summed E-state index contributed by atoms with van der Waals surface area (Å²) in [6.45, 7) is 6.63. The molecule has 6 rings (SSSR count). The Bertz CT molecular complexity index is 1480. The monoisotopic (exact) mass is 529 g/mol. The van der Waals surface area contributed by atoms with Crippen LogP contribution in [0.5, 0.6) is 0 Å². The number of rotatable bonds is 7. The molecule has 0 bridgehead atoms. The first-order chi connectivity index (χ1) is 18.9.